The van der Waals surface area contributed by atoms with Gasteiger partial charge in [0.1, 0.15) is 11.3 Å². The zero-order valence-corrected chi connectivity index (χ0v) is 17.1. The molecule has 0 aromatic carbocycles. The number of halogens is 2. The highest BCUT2D eigenvalue weighted by Crippen LogP contribution is 2.43. The molecule has 2 bridgehead atoms. The molecule has 0 unspecified atom stereocenters. The van der Waals surface area contributed by atoms with Gasteiger partial charge in [0, 0.05) is 24.7 Å². The Morgan fingerprint density at radius 2 is 2.11 bits per heavy atom. The van der Waals surface area contributed by atoms with Crippen LogP contribution in [0.1, 0.15) is 38.8 Å². The van der Waals surface area contributed by atoms with Crippen LogP contribution >= 0.6 is 23.4 Å². The lowest BCUT2D eigenvalue weighted by Crippen LogP contribution is -2.60. The average molecular weight is 408 g/mol. The second-order valence-corrected chi connectivity index (χ2v) is 9.30. The Kier molecular flexibility index (Phi) is 4.44. The second kappa shape index (κ2) is 6.71. The molecule has 3 aliphatic heterocycles. The van der Waals surface area contributed by atoms with Crippen LogP contribution in [0.5, 0.6) is 0 Å². The van der Waals surface area contributed by atoms with Crippen molar-refractivity contribution in [2.24, 2.45) is 5.92 Å². The van der Waals surface area contributed by atoms with Crippen molar-refractivity contribution in [2.75, 3.05) is 17.2 Å². The van der Waals surface area contributed by atoms with Crippen molar-refractivity contribution >= 4 is 40.1 Å². The van der Waals surface area contributed by atoms with Crippen LogP contribution in [-0.4, -0.2) is 45.4 Å². The van der Waals surface area contributed by atoms with Crippen molar-refractivity contribution in [2.45, 2.75) is 62.8 Å². The Morgan fingerprint density at radius 1 is 1.26 bits per heavy atom. The molecule has 0 spiro atoms. The molecule has 144 valence electrons. The summed E-state index contributed by atoms with van der Waals surface area (Å²) < 4.78 is 14.9. The van der Waals surface area contributed by atoms with Crippen LogP contribution in [0.15, 0.2) is 5.16 Å². The molecular weight excluding hydrogens is 385 g/mol. The normalized spacial score (nSPS) is 29.1. The molecule has 0 radical (unpaired) electrons. The minimum absolute atomic E-state index is 0.0797. The van der Waals surface area contributed by atoms with Crippen LogP contribution in [0.3, 0.4) is 0 Å². The highest BCUT2D eigenvalue weighted by molar-refractivity contribution is 7.99. The maximum absolute atomic E-state index is 14.9. The summed E-state index contributed by atoms with van der Waals surface area (Å²) in [6.07, 6.45) is 4.21. The van der Waals surface area contributed by atoms with Crippen molar-refractivity contribution in [3.63, 3.8) is 0 Å². The quantitative estimate of drug-likeness (QED) is 0.474. The van der Waals surface area contributed by atoms with Crippen LogP contribution in [0.4, 0.5) is 10.2 Å². The summed E-state index contributed by atoms with van der Waals surface area (Å²) in [5, 5.41) is 5.09. The van der Waals surface area contributed by atoms with E-state index in [0.717, 1.165) is 42.0 Å². The number of hydrogen-bond donors (Lipinski definition) is 1. The van der Waals surface area contributed by atoms with Gasteiger partial charge in [-0.15, -0.1) is 0 Å². The van der Waals surface area contributed by atoms with E-state index in [1.54, 1.807) is 0 Å². The van der Waals surface area contributed by atoms with Gasteiger partial charge < -0.3 is 10.2 Å². The highest BCUT2D eigenvalue weighted by atomic mass is 35.5. The van der Waals surface area contributed by atoms with E-state index in [1.807, 2.05) is 0 Å². The third-order valence-electron chi connectivity index (χ3n) is 6.25. The molecule has 3 aliphatic rings. The standard InChI is InChI=1S/C19H23ClFN5S/c1-3-9-7-12-13-15(14(21)17(20)23-12)24-19(27-4-2)25-18(13)26-8-10-5-6-11(22-10)16(9)26/h9-11,16,22H,3-8H2,1-2H3/t9-,10+,11-,16-/m0/s1. The van der Waals surface area contributed by atoms with Crippen LogP contribution in [0.25, 0.3) is 10.9 Å². The first-order chi connectivity index (χ1) is 13.1. The summed E-state index contributed by atoms with van der Waals surface area (Å²) in [4.78, 5) is 16.3. The summed E-state index contributed by atoms with van der Waals surface area (Å²) in [7, 11) is 0. The molecule has 2 saturated heterocycles. The first kappa shape index (κ1) is 17.9. The molecule has 1 N–H and O–H groups in total. The average Bonchev–Trinajstić information content (AvgIpc) is 2.98. The number of pyridine rings is 1. The first-order valence-electron chi connectivity index (χ1n) is 9.81. The number of nitrogens with zero attached hydrogens (tertiary/aromatic N) is 4. The molecule has 8 heteroatoms. The molecule has 0 saturated carbocycles. The fraction of sp³-hybridized carbons (Fsp3) is 0.632. The summed E-state index contributed by atoms with van der Waals surface area (Å²) in [6.45, 7) is 5.19. The lowest BCUT2D eigenvalue weighted by Gasteiger charge is -2.44. The number of rotatable bonds is 3. The van der Waals surface area contributed by atoms with Gasteiger partial charge in [-0.05, 0) is 30.9 Å². The second-order valence-electron chi connectivity index (χ2n) is 7.71. The van der Waals surface area contributed by atoms with Crippen molar-refractivity contribution < 1.29 is 4.39 Å². The zero-order valence-electron chi connectivity index (χ0n) is 15.5. The Labute approximate surface area is 167 Å². The van der Waals surface area contributed by atoms with E-state index in [4.69, 9.17) is 16.6 Å². The highest BCUT2D eigenvalue weighted by Gasteiger charge is 2.46. The number of anilines is 1. The fourth-order valence-corrected chi connectivity index (χ4v) is 5.89. The third-order valence-corrected chi connectivity index (χ3v) is 7.23. The molecule has 5 rings (SSSR count). The maximum atomic E-state index is 14.9. The van der Waals surface area contributed by atoms with Gasteiger partial charge in [-0.1, -0.05) is 43.6 Å². The van der Waals surface area contributed by atoms with Crippen molar-refractivity contribution in [1.29, 1.82) is 0 Å². The molecule has 2 aromatic heterocycles. The van der Waals surface area contributed by atoms with Crippen LogP contribution in [0.2, 0.25) is 5.15 Å². The molecule has 2 fully saturated rings. The lowest BCUT2D eigenvalue weighted by atomic mass is 9.86. The van der Waals surface area contributed by atoms with Gasteiger partial charge in [-0.25, -0.2) is 19.3 Å². The topological polar surface area (TPSA) is 53.9 Å². The number of piperazine rings is 1. The minimum Gasteiger partial charge on any atom is -0.350 e. The number of nitrogens with one attached hydrogen (secondary N) is 1. The molecule has 0 amide bonds. The lowest BCUT2D eigenvalue weighted by molar-refractivity contribution is 0.281. The molecule has 0 aliphatic carbocycles. The van der Waals surface area contributed by atoms with Crippen LogP contribution in [0, 0.1) is 11.7 Å². The van der Waals surface area contributed by atoms with Gasteiger partial charge in [0.25, 0.3) is 0 Å². The summed E-state index contributed by atoms with van der Waals surface area (Å²) in [5.74, 6) is 1.59. The Bertz CT molecular complexity index is 910. The van der Waals surface area contributed by atoms with E-state index in [-0.39, 0.29) is 5.15 Å². The summed E-state index contributed by atoms with van der Waals surface area (Å²) in [5.41, 5.74) is 1.17. The van der Waals surface area contributed by atoms with Gasteiger partial charge >= 0.3 is 0 Å². The van der Waals surface area contributed by atoms with Gasteiger partial charge in [0.2, 0.25) is 0 Å². The van der Waals surface area contributed by atoms with Crippen LogP contribution in [-0.2, 0) is 6.42 Å². The number of fused-ring (bicyclic) bond motifs is 5. The Balaban J connectivity index is 1.79. The predicted molar refractivity (Wildman–Crippen MR) is 107 cm³/mol. The Hall–Kier alpha value is -1.18. The van der Waals surface area contributed by atoms with E-state index in [0.29, 0.717) is 34.7 Å². The number of hydrogen-bond acceptors (Lipinski definition) is 6. The van der Waals surface area contributed by atoms with Gasteiger partial charge in [0.05, 0.1) is 11.1 Å². The molecule has 5 nitrogen and oxygen atoms in total. The fourth-order valence-electron chi connectivity index (χ4n) is 5.13. The smallest absolute Gasteiger partial charge is 0.190 e. The molecule has 2 aromatic rings. The maximum Gasteiger partial charge on any atom is 0.190 e. The van der Waals surface area contributed by atoms with E-state index in [1.165, 1.54) is 24.6 Å². The van der Waals surface area contributed by atoms with E-state index in [2.05, 4.69) is 34.0 Å². The molecule has 27 heavy (non-hydrogen) atoms. The van der Waals surface area contributed by atoms with Gasteiger partial charge in [-0.2, -0.15) is 0 Å². The predicted octanol–water partition coefficient (Wildman–Crippen LogP) is 3.82. The minimum atomic E-state index is -0.526. The van der Waals surface area contributed by atoms with E-state index < -0.39 is 5.82 Å². The van der Waals surface area contributed by atoms with Crippen molar-refractivity contribution in [3.8, 4) is 0 Å². The monoisotopic (exact) mass is 407 g/mol. The first-order valence-corrected chi connectivity index (χ1v) is 11.2. The molecule has 5 heterocycles. The number of aromatic nitrogens is 3. The summed E-state index contributed by atoms with van der Waals surface area (Å²) >= 11 is 7.70. The number of thioether (sulfide) groups is 1. The van der Waals surface area contributed by atoms with E-state index >= 15 is 0 Å². The van der Waals surface area contributed by atoms with Crippen molar-refractivity contribution in [3.05, 3.63) is 16.7 Å². The van der Waals surface area contributed by atoms with Crippen LogP contribution < -0.4 is 10.2 Å². The summed E-state index contributed by atoms with van der Waals surface area (Å²) in [6, 6.07) is 1.28. The SMILES string of the molecule is CCSc1nc2c3c(nc(Cl)c(F)c3n1)C[C@H](CC)[C@H]1[C@@H]3CC[C@H](CN21)N3. The Morgan fingerprint density at radius 3 is 2.89 bits per heavy atom. The van der Waals surface area contributed by atoms with Gasteiger partial charge in [-0.3, -0.25) is 0 Å². The van der Waals surface area contributed by atoms with Crippen molar-refractivity contribution in [1.82, 2.24) is 20.3 Å². The molecule has 4 atom stereocenters. The zero-order chi connectivity index (χ0) is 18.7. The third kappa shape index (κ3) is 2.73. The van der Waals surface area contributed by atoms with Gasteiger partial charge in [0.15, 0.2) is 16.1 Å². The largest absolute Gasteiger partial charge is 0.350 e. The molecular formula is C19H23ClFN5S. The van der Waals surface area contributed by atoms with E-state index in [9.17, 15) is 4.39 Å².